The fraction of sp³-hybridized carbons (Fsp3) is 0.833. The average molecular weight is 336 g/mol. The van der Waals surface area contributed by atoms with Crippen LogP contribution < -0.4 is 0 Å². The number of amides is 2. The first-order valence-electron chi connectivity index (χ1n) is 9.28. The predicted molar refractivity (Wildman–Crippen MR) is 88.2 cm³/mol. The van der Waals surface area contributed by atoms with Crippen LogP contribution in [0.2, 0.25) is 0 Å². The molecule has 0 spiro atoms. The van der Waals surface area contributed by atoms with Crippen molar-refractivity contribution in [3.05, 3.63) is 0 Å². The van der Waals surface area contributed by atoms with E-state index in [2.05, 4.69) is 0 Å². The first-order chi connectivity index (χ1) is 11.5. The number of carbonyl (C=O) groups is 3. The van der Waals surface area contributed by atoms with E-state index in [1.807, 2.05) is 11.8 Å². The van der Waals surface area contributed by atoms with Gasteiger partial charge in [0.05, 0.1) is 11.3 Å². The van der Waals surface area contributed by atoms with Crippen LogP contribution in [0.4, 0.5) is 0 Å². The van der Waals surface area contributed by atoms with Gasteiger partial charge in [-0.15, -0.1) is 0 Å². The number of fused-ring (bicyclic) bond motifs is 1. The molecule has 0 aromatic carbocycles. The van der Waals surface area contributed by atoms with E-state index in [0.29, 0.717) is 32.5 Å². The molecule has 134 valence electrons. The zero-order valence-electron chi connectivity index (χ0n) is 14.5. The number of carboxylic acid groups (broad SMARTS) is 1. The summed E-state index contributed by atoms with van der Waals surface area (Å²) in [6.45, 7) is 4.15. The predicted octanol–water partition coefficient (Wildman–Crippen LogP) is 1.74. The van der Waals surface area contributed by atoms with E-state index in [-0.39, 0.29) is 23.7 Å². The number of piperidine rings is 1. The van der Waals surface area contributed by atoms with Crippen molar-refractivity contribution >= 4 is 17.8 Å². The molecule has 3 fully saturated rings. The maximum atomic E-state index is 12.9. The molecule has 3 atom stereocenters. The highest BCUT2D eigenvalue weighted by Crippen LogP contribution is 2.49. The smallest absolute Gasteiger partial charge is 0.311 e. The van der Waals surface area contributed by atoms with Crippen molar-refractivity contribution in [2.45, 2.75) is 51.9 Å². The van der Waals surface area contributed by atoms with Gasteiger partial charge < -0.3 is 14.9 Å². The lowest BCUT2D eigenvalue weighted by atomic mass is 9.81. The van der Waals surface area contributed by atoms with Crippen LogP contribution in [0.5, 0.6) is 0 Å². The van der Waals surface area contributed by atoms with Crippen LogP contribution in [0.15, 0.2) is 0 Å². The zero-order chi connectivity index (χ0) is 17.3. The molecule has 0 aromatic rings. The van der Waals surface area contributed by atoms with Gasteiger partial charge in [-0.05, 0) is 38.0 Å². The summed E-state index contributed by atoms with van der Waals surface area (Å²) in [6.07, 6.45) is 5.55. The topological polar surface area (TPSA) is 77.9 Å². The van der Waals surface area contributed by atoms with Gasteiger partial charge >= 0.3 is 5.97 Å². The van der Waals surface area contributed by atoms with Crippen LogP contribution in [0, 0.1) is 17.3 Å². The summed E-state index contributed by atoms with van der Waals surface area (Å²) >= 11 is 0. The van der Waals surface area contributed by atoms with Crippen molar-refractivity contribution in [1.29, 1.82) is 0 Å². The third-order valence-electron chi connectivity index (χ3n) is 6.20. The molecule has 1 saturated carbocycles. The third kappa shape index (κ3) is 2.91. The number of aliphatic carboxylic acids is 1. The molecule has 3 aliphatic rings. The molecular weight excluding hydrogens is 308 g/mol. The van der Waals surface area contributed by atoms with Crippen molar-refractivity contribution in [2.75, 3.05) is 26.2 Å². The van der Waals surface area contributed by atoms with Gasteiger partial charge in [0.1, 0.15) is 0 Å². The van der Waals surface area contributed by atoms with Gasteiger partial charge in [-0.3, -0.25) is 14.4 Å². The maximum Gasteiger partial charge on any atom is 0.311 e. The molecule has 2 heterocycles. The lowest BCUT2D eigenvalue weighted by Gasteiger charge is -2.34. The minimum absolute atomic E-state index is 0.0547. The Hall–Kier alpha value is -1.59. The Morgan fingerprint density at radius 3 is 2.58 bits per heavy atom. The fourth-order valence-electron chi connectivity index (χ4n) is 4.84. The first-order valence-corrected chi connectivity index (χ1v) is 9.28. The molecule has 1 unspecified atom stereocenters. The quantitative estimate of drug-likeness (QED) is 0.848. The molecule has 0 bridgehead atoms. The Balaban J connectivity index is 1.65. The van der Waals surface area contributed by atoms with E-state index >= 15 is 0 Å². The van der Waals surface area contributed by atoms with Gasteiger partial charge in [0.25, 0.3) is 0 Å². The number of carboxylic acids is 1. The fourth-order valence-corrected chi connectivity index (χ4v) is 4.84. The summed E-state index contributed by atoms with van der Waals surface area (Å²) in [5.41, 5.74) is -0.720. The number of carbonyl (C=O) groups excluding carboxylic acids is 2. The Bertz CT molecular complexity index is 535. The first kappa shape index (κ1) is 17.2. The third-order valence-corrected chi connectivity index (χ3v) is 6.20. The Morgan fingerprint density at radius 2 is 1.92 bits per heavy atom. The van der Waals surface area contributed by atoms with Crippen LogP contribution in [0.25, 0.3) is 0 Å². The van der Waals surface area contributed by atoms with Gasteiger partial charge in [0.2, 0.25) is 11.8 Å². The summed E-state index contributed by atoms with van der Waals surface area (Å²) < 4.78 is 0. The van der Waals surface area contributed by atoms with E-state index in [9.17, 15) is 19.5 Å². The number of hydrogen-bond acceptors (Lipinski definition) is 3. The summed E-state index contributed by atoms with van der Waals surface area (Å²) in [5.74, 6) is -0.623. The number of likely N-dealkylation sites (tertiary alicyclic amines) is 2. The Labute approximate surface area is 143 Å². The lowest BCUT2D eigenvalue weighted by molar-refractivity contribution is -0.149. The second-order valence-electron chi connectivity index (χ2n) is 7.70. The molecular formula is C18H28N2O4. The van der Waals surface area contributed by atoms with Gasteiger partial charge in [0, 0.05) is 32.6 Å². The van der Waals surface area contributed by atoms with Gasteiger partial charge in [-0.2, -0.15) is 0 Å². The SMILES string of the molecule is CCCC(=O)N1CCCC(C(=O)N2C[C@@H]3CCC[C@@]3(C(=O)O)C2)C1. The number of hydrogen-bond donors (Lipinski definition) is 1. The Kier molecular flexibility index (Phi) is 4.83. The minimum Gasteiger partial charge on any atom is -0.481 e. The molecule has 6 nitrogen and oxygen atoms in total. The summed E-state index contributed by atoms with van der Waals surface area (Å²) in [4.78, 5) is 40.4. The van der Waals surface area contributed by atoms with Crippen molar-refractivity contribution in [3.8, 4) is 0 Å². The second-order valence-corrected chi connectivity index (χ2v) is 7.70. The van der Waals surface area contributed by atoms with Crippen LogP contribution in [0.1, 0.15) is 51.9 Å². The van der Waals surface area contributed by atoms with Crippen LogP contribution in [-0.4, -0.2) is 58.9 Å². The minimum atomic E-state index is -0.747. The summed E-state index contributed by atoms with van der Waals surface area (Å²) in [7, 11) is 0. The van der Waals surface area contributed by atoms with Crippen LogP contribution >= 0.6 is 0 Å². The maximum absolute atomic E-state index is 12.9. The molecule has 2 amide bonds. The molecule has 3 rings (SSSR count). The van der Waals surface area contributed by atoms with Gasteiger partial charge in [-0.1, -0.05) is 13.3 Å². The highest BCUT2D eigenvalue weighted by Gasteiger charge is 2.56. The highest BCUT2D eigenvalue weighted by molar-refractivity contribution is 5.84. The van der Waals surface area contributed by atoms with Gasteiger partial charge in [0.15, 0.2) is 0 Å². The summed E-state index contributed by atoms with van der Waals surface area (Å²) in [5, 5.41) is 9.67. The van der Waals surface area contributed by atoms with E-state index in [1.165, 1.54) is 0 Å². The second kappa shape index (κ2) is 6.73. The van der Waals surface area contributed by atoms with Crippen molar-refractivity contribution < 1.29 is 19.5 Å². The Morgan fingerprint density at radius 1 is 1.12 bits per heavy atom. The number of nitrogens with zero attached hydrogens (tertiary/aromatic N) is 2. The standard InChI is InChI=1S/C18H28N2O4/c1-2-5-15(21)19-9-4-6-13(10-19)16(22)20-11-14-7-3-8-18(14,12-20)17(23)24/h13-14H,2-12H2,1H3,(H,23,24)/t13?,14-,18+/m0/s1. The molecule has 24 heavy (non-hydrogen) atoms. The van der Waals surface area contributed by atoms with Crippen LogP contribution in [0.3, 0.4) is 0 Å². The molecule has 0 radical (unpaired) electrons. The van der Waals surface area contributed by atoms with Crippen LogP contribution in [-0.2, 0) is 14.4 Å². The van der Waals surface area contributed by atoms with Crippen molar-refractivity contribution in [1.82, 2.24) is 9.80 Å². The van der Waals surface area contributed by atoms with E-state index in [1.54, 1.807) is 4.90 Å². The normalized spacial score (nSPS) is 32.7. The highest BCUT2D eigenvalue weighted by atomic mass is 16.4. The van der Waals surface area contributed by atoms with Crippen molar-refractivity contribution in [2.24, 2.45) is 17.3 Å². The van der Waals surface area contributed by atoms with E-state index in [0.717, 1.165) is 38.6 Å². The lowest BCUT2D eigenvalue weighted by Crippen LogP contribution is -2.47. The molecule has 1 N–H and O–H groups in total. The monoisotopic (exact) mass is 336 g/mol. The van der Waals surface area contributed by atoms with E-state index < -0.39 is 11.4 Å². The largest absolute Gasteiger partial charge is 0.481 e. The molecule has 0 aromatic heterocycles. The zero-order valence-corrected chi connectivity index (χ0v) is 14.5. The van der Waals surface area contributed by atoms with Crippen molar-refractivity contribution in [3.63, 3.8) is 0 Å². The molecule has 6 heteroatoms. The van der Waals surface area contributed by atoms with E-state index in [4.69, 9.17) is 0 Å². The van der Waals surface area contributed by atoms with Gasteiger partial charge in [-0.25, -0.2) is 0 Å². The average Bonchev–Trinajstić information content (AvgIpc) is 3.12. The number of rotatable bonds is 4. The summed E-state index contributed by atoms with van der Waals surface area (Å²) in [6, 6.07) is 0. The molecule has 2 aliphatic heterocycles. The molecule has 1 aliphatic carbocycles. The molecule has 2 saturated heterocycles.